The van der Waals surface area contributed by atoms with Gasteiger partial charge in [0.15, 0.2) is 0 Å². The number of hydrogen-bond acceptors (Lipinski definition) is 1. The van der Waals surface area contributed by atoms with E-state index in [1.54, 1.807) is 0 Å². The molecule has 1 heteroatoms. The second-order valence-electron chi connectivity index (χ2n) is 6.01. The Balaban J connectivity index is 1.47. The molecule has 2 rings (SSSR count). The minimum Gasteiger partial charge on any atom is -0.389 e. The van der Waals surface area contributed by atoms with E-state index in [9.17, 15) is 5.11 Å². The second-order valence-corrected chi connectivity index (χ2v) is 6.01. The first-order chi connectivity index (χ1) is 7.79. The summed E-state index contributed by atoms with van der Waals surface area (Å²) in [6.07, 6.45) is 14.6. The van der Waals surface area contributed by atoms with Gasteiger partial charge in [-0.2, -0.15) is 0 Å². The van der Waals surface area contributed by atoms with Gasteiger partial charge in [-0.05, 0) is 31.1 Å². The van der Waals surface area contributed by atoms with Crippen LogP contribution in [-0.2, 0) is 0 Å². The van der Waals surface area contributed by atoms with Gasteiger partial charge in [-0.1, -0.05) is 58.3 Å². The molecule has 1 nitrogen and oxygen atoms in total. The summed E-state index contributed by atoms with van der Waals surface area (Å²) in [5, 5.41) is 10.3. The van der Waals surface area contributed by atoms with Crippen molar-refractivity contribution < 1.29 is 5.11 Å². The first-order valence-electron chi connectivity index (χ1n) is 7.51. The van der Waals surface area contributed by atoms with Crippen LogP contribution in [0, 0.1) is 11.8 Å². The van der Waals surface area contributed by atoms with Crippen molar-refractivity contribution >= 4 is 0 Å². The fraction of sp³-hybridized carbons (Fsp3) is 1.00. The summed E-state index contributed by atoms with van der Waals surface area (Å²) < 4.78 is 0. The Morgan fingerprint density at radius 2 is 1.50 bits per heavy atom. The number of hydrogen-bond donors (Lipinski definition) is 1. The predicted molar refractivity (Wildman–Crippen MR) is 68.4 cm³/mol. The van der Waals surface area contributed by atoms with Gasteiger partial charge in [-0.15, -0.1) is 0 Å². The fourth-order valence-corrected chi connectivity index (χ4v) is 3.78. The smallest absolute Gasteiger partial charge is 0.0711 e. The van der Waals surface area contributed by atoms with Gasteiger partial charge >= 0.3 is 0 Å². The predicted octanol–water partition coefficient (Wildman–Crippen LogP) is 4.29. The van der Waals surface area contributed by atoms with Gasteiger partial charge in [0.05, 0.1) is 5.60 Å². The standard InChI is InChI=1S/C15H28O/c1-2-3-4-5-6-7-8-12-15(16)13-10-9-11-14(13)15/h13-14,16H,2-12H2,1H3. The molecule has 0 heterocycles. The summed E-state index contributed by atoms with van der Waals surface area (Å²) in [5.41, 5.74) is -0.193. The monoisotopic (exact) mass is 224 g/mol. The third kappa shape index (κ3) is 2.61. The molecule has 2 fully saturated rings. The largest absolute Gasteiger partial charge is 0.389 e. The van der Waals surface area contributed by atoms with E-state index in [-0.39, 0.29) is 5.60 Å². The molecule has 0 radical (unpaired) electrons. The lowest BCUT2D eigenvalue weighted by Gasteiger charge is -2.13. The van der Waals surface area contributed by atoms with Crippen LogP contribution >= 0.6 is 0 Å². The molecule has 0 bridgehead atoms. The fourth-order valence-electron chi connectivity index (χ4n) is 3.78. The van der Waals surface area contributed by atoms with E-state index in [1.165, 1.54) is 64.2 Å². The molecule has 0 spiro atoms. The van der Waals surface area contributed by atoms with Gasteiger partial charge < -0.3 is 5.11 Å². The van der Waals surface area contributed by atoms with Gasteiger partial charge in [0.25, 0.3) is 0 Å². The minimum atomic E-state index is -0.193. The van der Waals surface area contributed by atoms with E-state index in [1.807, 2.05) is 0 Å². The zero-order valence-corrected chi connectivity index (χ0v) is 10.9. The summed E-state index contributed by atoms with van der Waals surface area (Å²) >= 11 is 0. The molecule has 16 heavy (non-hydrogen) atoms. The minimum absolute atomic E-state index is 0.193. The Labute approximate surface area is 101 Å². The second kappa shape index (κ2) is 5.53. The van der Waals surface area contributed by atoms with E-state index in [2.05, 4.69) is 6.92 Å². The highest BCUT2D eigenvalue weighted by molar-refractivity contribution is 5.14. The highest BCUT2D eigenvalue weighted by atomic mass is 16.3. The molecule has 2 saturated carbocycles. The van der Waals surface area contributed by atoms with Crippen LogP contribution in [0.15, 0.2) is 0 Å². The SMILES string of the molecule is CCCCCCCCCC1(O)C2CCCC21. The van der Waals surface area contributed by atoms with E-state index in [0.717, 1.165) is 6.42 Å². The Bertz CT molecular complexity index is 201. The zero-order chi connectivity index (χ0) is 11.4. The number of fused-ring (bicyclic) bond motifs is 1. The maximum Gasteiger partial charge on any atom is 0.0711 e. The first kappa shape index (κ1) is 12.4. The van der Waals surface area contributed by atoms with Gasteiger partial charge in [0.2, 0.25) is 0 Å². The maximum atomic E-state index is 10.3. The molecule has 1 N–H and O–H groups in total. The topological polar surface area (TPSA) is 20.2 Å². The van der Waals surface area contributed by atoms with E-state index in [0.29, 0.717) is 11.8 Å². The Morgan fingerprint density at radius 1 is 0.938 bits per heavy atom. The van der Waals surface area contributed by atoms with Crippen molar-refractivity contribution in [3.05, 3.63) is 0 Å². The quantitative estimate of drug-likeness (QED) is 0.610. The Hall–Kier alpha value is -0.0400. The van der Waals surface area contributed by atoms with Crippen molar-refractivity contribution in [1.29, 1.82) is 0 Å². The lowest BCUT2D eigenvalue weighted by Crippen LogP contribution is -2.15. The molecular formula is C15H28O. The van der Waals surface area contributed by atoms with Crippen molar-refractivity contribution in [2.45, 2.75) is 83.2 Å². The van der Waals surface area contributed by atoms with Crippen LogP contribution in [0.3, 0.4) is 0 Å². The van der Waals surface area contributed by atoms with Crippen molar-refractivity contribution in [1.82, 2.24) is 0 Å². The molecule has 0 aromatic carbocycles. The van der Waals surface area contributed by atoms with Crippen LogP contribution < -0.4 is 0 Å². The highest BCUT2D eigenvalue weighted by Crippen LogP contribution is 2.62. The van der Waals surface area contributed by atoms with Crippen LogP contribution in [-0.4, -0.2) is 10.7 Å². The maximum absolute atomic E-state index is 10.3. The molecule has 0 aromatic rings. The molecular weight excluding hydrogens is 196 g/mol. The molecule has 94 valence electrons. The Kier molecular flexibility index (Phi) is 4.29. The molecule has 2 aliphatic rings. The van der Waals surface area contributed by atoms with Crippen LogP contribution in [0.1, 0.15) is 77.6 Å². The van der Waals surface area contributed by atoms with Crippen molar-refractivity contribution in [2.24, 2.45) is 11.8 Å². The summed E-state index contributed by atoms with van der Waals surface area (Å²) in [6, 6.07) is 0. The van der Waals surface area contributed by atoms with Gasteiger partial charge in [0.1, 0.15) is 0 Å². The summed E-state index contributed by atoms with van der Waals surface area (Å²) in [4.78, 5) is 0. The van der Waals surface area contributed by atoms with Crippen molar-refractivity contribution in [2.75, 3.05) is 0 Å². The van der Waals surface area contributed by atoms with Crippen LogP contribution in [0.2, 0.25) is 0 Å². The lowest BCUT2D eigenvalue weighted by molar-refractivity contribution is 0.0935. The summed E-state index contributed by atoms with van der Waals surface area (Å²) in [6.45, 7) is 2.27. The summed E-state index contributed by atoms with van der Waals surface area (Å²) in [5.74, 6) is 1.40. The zero-order valence-electron chi connectivity index (χ0n) is 10.9. The van der Waals surface area contributed by atoms with Gasteiger partial charge in [0, 0.05) is 0 Å². The molecule has 2 aliphatic carbocycles. The summed E-state index contributed by atoms with van der Waals surface area (Å²) in [7, 11) is 0. The van der Waals surface area contributed by atoms with Gasteiger partial charge in [-0.3, -0.25) is 0 Å². The third-order valence-electron chi connectivity index (χ3n) is 4.87. The van der Waals surface area contributed by atoms with Gasteiger partial charge in [-0.25, -0.2) is 0 Å². The Morgan fingerprint density at radius 3 is 2.12 bits per heavy atom. The van der Waals surface area contributed by atoms with Crippen LogP contribution in [0.25, 0.3) is 0 Å². The molecule has 0 amide bonds. The van der Waals surface area contributed by atoms with E-state index < -0.39 is 0 Å². The molecule has 0 aliphatic heterocycles. The molecule has 0 aromatic heterocycles. The first-order valence-corrected chi connectivity index (χ1v) is 7.51. The highest BCUT2D eigenvalue weighted by Gasteiger charge is 2.64. The number of aliphatic hydroxyl groups is 1. The average molecular weight is 224 g/mol. The van der Waals surface area contributed by atoms with Crippen LogP contribution in [0.4, 0.5) is 0 Å². The lowest BCUT2D eigenvalue weighted by atomic mass is 10.00. The van der Waals surface area contributed by atoms with Crippen molar-refractivity contribution in [3.63, 3.8) is 0 Å². The van der Waals surface area contributed by atoms with Crippen molar-refractivity contribution in [3.8, 4) is 0 Å². The number of rotatable bonds is 8. The third-order valence-corrected chi connectivity index (χ3v) is 4.87. The molecule has 2 unspecified atom stereocenters. The van der Waals surface area contributed by atoms with E-state index in [4.69, 9.17) is 0 Å². The molecule has 2 atom stereocenters. The normalized spacial score (nSPS) is 36.4. The average Bonchev–Trinajstić information content (AvgIpc) is 2.71. The number of unbranched alkanes of at least 4 members (excludes halogenated alkanes) is 6. The van der Waals surface area contributed by atoms with E-state index >= 15 is 0 Å². The van der Waals surface area contributed by atoms with Crippen LogP contribution in [0.5, 0.6) is 0 Å². The molecule has 0 saturated heterocycles.